The number of hydrogen-bond acceptors (Lipinski definition) is 4. The Kier molecular flexibility index (Phi) is 7.30. The molecule has 1 aromatic carbocycles. The summed E-state index contributed by atoms with van der Waals surface area (Å²) in [4.78, 5) is 14.2. The number of ether oxygens (including phenoxy) is 1. The van der Waals surface area contributed by atoms with Crippen molar-refractivity contribution in [2.75, 3.05) is 33.3 Å². The maximum Gasteiger partial charge on any atom is 0.253 e. The van der Waals surface area contributed by atoms with Crippen LogP contribution in [-0.2, 0) is 9.53 Å². The summed E-state index contributed by atoms with van der Waals surface area (Å²) in [6.45, 7) is 3.25. The van der Waals surface area contributed by atoms with E-state index in [0.29, 0.717) is 29.8 Å². The maximum atomic E-state index is 11.9. The zero-order valence-electron chi connectivity index (χ0n) is 13.5. The molecule has 6 heteroatoms. The van der Waals surface area contributed by atoms with E-state index < -0.39 is 12.0 Å². The summed E-state index contributed by atoms with van der Waals surface area (Å²) in [6, 6.07) is 6.81. The quantitative estimate of drug-likeness (QED) is 0.745. The molecule has 1 unspecified atom stereocenters. The van der Waals surface area contributed by atoms with Gasteiger partial charge in [0, 0.05) is 36.8 Å². The van der Waals surface area contributed by atoms with Crippen LogP contribution >= 0.6 is 11.6 Å². The first-order valence-electron chi connectivity index (χ1n) is 8.08. The number of piperidine rings is 1. The number of halogens is 1. The van der Waals surface area contributed by atoms with E-state index >= 15 is 0 Å². The second kappa shape index (κ2) is 9.23. The monoisotopic (exact) mass is 340 g/mol. The van der Waals surface area contributed by atoms with Crippen LogP contribution in [0.3, 0.4) is 0 Å². The summed E-state index contributed by atoms with van der Waals surface area (Å²) in [5.74, 6) is -0.433. The summed E-state index contributed by atoms with van der Waals surface area (Å²) in [7, 11) is 2.12. The molecule has 1 fully saturated rings. The summed E-state index contributed by atoms with van der Waals surface area (Å²) >= 11 is 5.98. The first-order valence-corrected chi connectivity index (χ1v) is 8.46. The van der Waals surface area contributed by atoms with Crippen LogP contribution in [0.25, 0.3) is 0 Å². The SMILES string of the molecule is CN1CCC(OCCCNC(=O)C(O)c2ccccc2Cl)CC1. The van der Waals surface area contributed by atoms with Crippen molar-refractivity contribution in [1.29, 1.82) is 0 Å². The van der Waals surface area contributed by atoms with Crippen molar-refractivity contribution in [2.45, 2.75) is 31.5 Å². The molecule has 0 aromatic heterocycles. The average molecular weight is 341 g/mol. The number of nitrogens with zero attached hydrogens (tertiary/aromatic N) is 1. The number of carbonyl (C=O) groups is 1. The standard InChI is InChI=1S/C17H25ClN2O3/c1-20-10-7-13(8-11-20)23-12-4-9-19-17(22)16(21)14-5-2-3-6-15(14)18/h2-3,5-6,13,16,21H,4,7-12H2,1H3,(H,19,22). The van der Waals surface area contributed by atoms with Gasteiger partial charge in [0.2, 0.25) is 0 Å². The first kappa shape index (κ1) is 18.2. The van der Waals surface area contributed by atoms with Gasteiger partial charge >= 0.3 is 0 Å². The van der Waals surface area contributed by atoms with E-state index in [1.165, 1.54) is 0 Å². The Labute approximate surface area is 142 Å². The number of hydrogen-bond donors (Lipinski definition) is 2. The van der Waals surface area contributed by atoms with Crippen LogP contribution in [0.2, 0.25) is 5.02 Å². The predicted octanol–water partition coefficient (Wildman–Crippen LogP) is 1.99. The molecule has 1 amide bonds. The Morgan fingerprint density at radius 1 is 1.43 bits per heavy atom. The second-order valence-corrected chi connectivity index (χ2v) is 6.35. The van der Waals surface area contributed by atoms with Gasteiger partial charge in [0.15, 0.2) is 6.10 Å². The molecule has 1 aromatic rings. The van der Waals surface area contributed by atoms with Gasteiger partial charge in [-0.15, -0.1) is 0 Å². The molecule has 128 valence electrons. The Bertz CT molecular complexity index is 504. The number of rotatable bonds is 7. The second-order valence-electron chi connectivity index (χ2n) is 5.94. The molecule has 1 saturated heterocycles. The first-order chi connectivity index (χ1) is 11.1. The molecule has 1 aliphatic heterocycles. The summed E-state index contributed by atoms with van der Waals surface area (Å²) in [5, 5.41) is 13.1. The van der Waals surface area contributed by atoms with Crippen LogP contribution in [0.4, 0.5) is 0 Å². The topological polar surface area (TPSA) is 61.8 Å². The number of nitrogens with one attached hydrogen (secondary N) is 1. The normalized spacial score (nSPS) is 17.9. The number of benzene rings is 1. The average Bonchev–Trinajstić information content (AvgIpc) is 2.56. The number of amides is 1. The molecule has 0 aliphatic carbocycles. The molecule has 1 heterocycles. The van der Waals surface area contributed by atoms with Crippen LogP contribution in [0, 0.1) is 0 Å². The van der Waals surface area contributed by atoms with Gasteiger partial charge in [-0.2, -0.15) is 0 Å². The Morgan fingerprint density at radius 2 is 2.13 bits per heavy atom. The van der Waals surface area contributed by atoms with Crippen molar-refractivity contribution < 1.29 is 14.6 Å². The molecule has 0 saturated carbocycles. The lowest BCUT2D eigenvalue weighted by molar-refractivity contribution is -0.129. The molecule has 23 heavy (non-hydrogen) atoms. The van der Waals surface area contributed by atoms with Crippen molar-refractivity contribution in [3.63, 3.8) is 0 Å². The van der Waals surface area contributed by atoms with Crippen LogP contribution in [0.15, 0.2) is 24.3 Å². The highest BCUT2D eigenvalue weighted by Gasteiger charge is 2.19. The van der Waals surface area contributed by atoms with Crippen LogP contribution < -0.4 is 5.32 Å². The predicted molar refractivity (Wildman–Crippen MR) is 90.5 cm³/mol. The molecular weight excluding hydrogens is 316 g/mol. The molecule has 5 nitrogen and oxygen atoms in total. The zero-order chi connectivity index (χ0) is 16.7. The Hall–Kier alpha value is -1.14. The van der Waals surface area contributed by atoms with Crippen LogP contribution in [0.1, 0.15) is 30.9 Å². The maximum absolute atomic E-state index is 11.9. The lowest BCUT2D eigenvalue weighted by Gasteiger charge is -2.28. The third-order valence-electron chi connectivity index (χ3n) is 4.09. The number of carbonyl (C=O) groups excluding carboxylic acids is 1. The minimum atomic E-state index is -1.24. The largest absolute Gasteiger partial charge is 0.378 e. The lowest BCUT2D eigenvalue weighted by Crippen LogP contribution is -2.35. The van der Waals surface area contributed by atoms with Crippen molar-refractivity contribution in [2.24, 2.45) is 0 Å². The summed E-state index contributed by atoms with van der Waals surface area (Å²) in [6.07, 6.45) is 1.95. The number of aliphatic hydroxyl groups excluding tert-OH is 1. The van der Waals surface area contributed by atoms with Crippen molar-refractivity contribution >= 4 is 17.5 Å². The lowest BCUT2D eigenvalue weighted by atomic mass is 10.1. The van der Waals surface area contributed by atoms with Gasteiger partial charge in [0.1, 0.15) is 0 Å². The van der Waals surface area contributed by atoms with Gasteiger partial charge in [-0.05, 0) is 32.4 Å². The molecule has 2 rings (SSSR count). The highest BCUT2D eigenvalue weighted by Crippen LogP contribution is 2.22. The van der Waals surface area contributed by atoms with Gasteiger partial charge in [-0.1, -0.05) is 29.8 Å². The smallest absolute Gasteiger partial charge is 0.253 e. The van der Waals surface area contributed by atoms with Crippen molar-refractivity contribution in [3.8, 4) is 0 Å². The van der Waals surface area contributed by atoms with E-state index in [1.807, 2.05) is 0 Å². The molecule has 0 spiro atoms. The molecular formula is C17H25ClN2O3. The van der Waals surface area contributed by atoms with E-state index in [0.717, 1.165) is 32.4 Å². The van der Waals surface area contributed by atoms with Crippen molar-refractivity contribution in [3.05, 3.63) is 34.9 Å². The van der Waals surface area contributed by atoms with E-state index in [4.69, 9.17) is 16.3 Å². The van der Waals surface area contributed by atoms with Gasteiger partial charge < -0.3 is 20.1 Å². The van der Waals surface area contributed by atoms with E-state index in [-0.39, 0.29) is 0 Å². The summed E-state index contributed by atoms with van der Waals surface area (Å²) < 4.78 is 5.82. The van der Waals surface area contributed by atoms with E-state index in [2.05, 4.69) is 17.3 Å². The Balaban J connectivity index is 1.62. The van der Waals surface area contributed by atoms with Gasteiger partial charge in [-0.3, -0.25) is 4.79 Å². The fraction of sp³-hybridized carbons (Fsp3) is 0.588. The highest BCUT2D eigenvalue weighted by atomic mass is 35.5. The molecule has 2 N–H and O–H groups in total. The van der Waals surface area contributed by atoms with Crippen LogP contribution in [0.5, 0.6) is 0 Å². The highest BCUT2D eigenvalue weighted by molar-refractivity contribution is 6.31. The van der Waals surface area contributed by atoms with E-state index in [9.17, 15) is 9.90 Å². The van der Waals surface area contributed by atoms with Crippen molar-refractivity contribution in [1.82, 2.24) is 10.2 Å². The van der Waals surface area contributed by atoms with Crippen LogP contribution in [-0.4, -0.2) is 55.3 Å². The molecule has 0 bridgehead atoms. The Morgan fingerprint density at radius 3 is 2.83 bits per heavy atom. The fourth-order valence-corrected chi connectivity index (χ4v) is 2.86. The van der Waals surface area contributed by atoms with Gasteiger partial charge in [0.25, 0.3) is 5.91 Å². The third-order valence-corrected chi connectivity index (χ3v) is 4.43. The summed E-state index contributed by atoms with van der Waals surface area (Å²) in [5.41, 5.74) is 0.425. The third kappa shape index (κ3) is 5.77. The minimum absolute atomic E-state index is 0.329. The van der Waals surface area contributed by atoms with Gasteiger partial charge in [-0.25, -0.2) is 0 Å². The number of likely N-dealkylation sites (tertiary alicyclic amines) is 1. The minimum Gasteiger partial charge on any atom is -0.378 e. The number of aliphatic hydroxyl groups is 1. The zero-order valence-corrected chi connectivity index (χ0v) is 14.3. The fourth-order valence-electron chi connectivity index (χ4n) is 2.62. The molecule has 0 radical (unpaired) electrons. The molecule has 1 aliphatic rings. The molecule has 1 atom stereocenters. The van der Waals surface area contributed by atoms with E-state index in [1.54, 1.807) is 24.3 Å². The van der Waals surface area contributed by atoms with Gasteiger partial charge in [0.05, 0.1) is 6.10 Å².